The molecule has 0 saturated heterocycles. The van der Waals surface area contributed by atoms with E-state index in [4.69, 9.17) is 17.3 Å². The van der Waals surface area contributed by atoms with Gasteiger partial charge in [0.25, 0.3) is 11.8 Å². The lowest BCUT2D eigenvalue weighted by atomic mass is 10.1. The van der Waals surface area contributed by atoms with Gasteiger partial charge in [0.2, 0.25) is 0 Å². The largest absolute Gasteiger partial charge is 0.398 e. The number of hydrogen-bond acceptors (Lipinski definition) is 3. The van der Waals surface area contributed by atoms with Crippen molar-refractivity contribution in [3.05, 3.63) is 58.6 Å². The number of carbonyl (C=O) groups is 2. The van der Waals surface area contributed by atoms with Gasteiger partial charge in [-0.05, 0) is 24.3 Å². The Bertz CT molecular complexity index is 701. The van der Waals surface area contributed by atoms with Crippen LogP contribution >= 0.6 is 11.6 Å². The van der Waals surface area contributed by atoms with E-state index < -0.39 is 5.91 Å². The van der Waals surface area contributed by atoms with Crippen molar-refractivity contribution in [2.24, 2.45) is 0 Å². The Morgan fingerprint density at radius 1 is 1.00 bits per heavy atom. The third-order valence-electron chi connectivity index (χ3n) is 2.92. The number of rotatable bonds is 3. The molecule has 4 N–H and O–H groups in total. The second kappa shape index (κ2) is 6.28. The van der Waals surface area contributed by atoms with Crippen LogP contribution in [0.25, 0.3) is 0 Å². The summed E-state index contributed by atoms with van der Waals surface area (Å²) >= 11 is 6.02. The van der Waals surface area contributed by atoms with Gasteiger partial charge in [0.1, 0.15) is 0 Å². The molecule has 2 aromatic rings. The van der Waals surface area contributed by atoms with Gasteiger partial charge in [-0.2, -0.15) is 0 Å². The number of carbonyl (C=O) groups excluding carboxylic acids is 2. The minimum atomic E-state index is -0.427. The number of halogens is 1. The standard InChI is InChI=1S/C15H14ClN3O2/c1-18-14(20)9-5-2-3-8-12(9)19-15(21)10-6-4-7-11(17)13(10)16/h2-8H,17H2,1H3,(H,18,20)(H,19,21). The van der Waals surface area contributed by atoms with Gasteiger partial charge in [-0.15, -0.1) is 0 Å². The number of amides is 2. The van der Waals surface area contributed by atoms with Crippen molar-refractivity contribution in [1.82, 2.24) is 5.32 Å². The van der Waals surface area contributed by atoms with Crippen LogP contribution in [0.15, 0.2) is 42.5 Å². The van der Waals surface area contributed by atoms with Gasteiger partial charge in [0, 0.05) is 7.05 Å². The Labute approximate surface area is 127 Å². The smallest absolute Gasteiger partial charge is 0.257 e. The molecule has 2 rings (SSSR count). The molecule has 0 atom stereocenters. The summed E-state index contributed by atoms with van der Waals surface area (Å²) in [5.74, 6) is -0.715. The predicted molar refractivity (Wildman–Crippen MR) is 83.6 cm³/mol. The van der Waals surface area contributed by atoms with Crippen LogP contribution in [0.3, 0.4) is 0 Å². The molecule has 21 heavy (non-hydrogen) atoms. The monoisotopic (exact) mass is 303 g/mol. The molecular formula is C15H14ClN3O2. The first-order valence-electron chi connectivity index (χ1n) is 6.21. The average Bonchev–Trinajstić information content (AvgIpc) is 2.49. The van der Waals surface area contributed by atoms with Crippen molar-refractivity contribution < 1.29 is 9.59 Å². The third kappa shape index (κ3) is 3.14. The lowest BCUT2D eigenvalue weighted by Gasteiger charge is -2.11. The van der Waals surface area contributed by atoms with Crippen molar-refractivity contribution in [2.75, 3.05) is 18.1 Å². The first kappa shape index (κ1) is 14.9. The number of nitrogens with one attached hydrogen (secondary N) is 2. The number of para-hydroxylation sites is 1. The topological polar surface area (TPSA) is 84.2 Å². The van der Waals surface area contributed by atoms with Gasteiger partial charge in [-0.1, -0.05) is 29.8 Å². The summed E-state index contributed by atoms with van der Waals surface area (Å²) in [6.45, 7) is 0. The fraction of sp³-hybridized carbons (Fsp3) is 0.0667. The van der Waals surface area contributed by atoms with E-state index in [9.17, 15) is 9.59 Å². The quantitative estimate of drug-likeness (QED) is 0.762. The van der Waals surface area contributed by atoms with Gasteiger partial charge >= 0.3 is 0 Å². The fourth-order valence-corrected chi connectivity index (χ4v) is 2.05. The maximum absolute atomic E-state index is 12.3. The molecule has 0 saturated carbocycles. The minimum Gasteiger partial charge on any atom is -0.398 e. The SMILES string of the molecule is CNC(=O)c1ccccc1NC(=O)c1cccc(N)c1Cl. The predicted octanol–water partition coefficient (Wildman–Crippen LogP) is 2.53. The van der Waals surface area contributed by atoms with E-state index in [0.717, 1.165) is 0 Å². The highest BCUT2D eigenvalue weighted by molar-refractivity contribution is 6.36. The van der Waals surface area contributed by atoms with E-state index in [1.54, 1.807) is 42.5 Å². The summed E-state index contributed by atoms with van der Waals surface area (Å²) in [5, 5.41) is 5.38. The molecule has 0 radical (unpaired) electrons. The van der Waals surface area contributed by atoms with Crippen molar-refractivity contribution in [2.45, 2.75) is 0 Å². The Morgan fingerprint density at radius 2 is 1.67 bits per heavy atom. The molecule has 2 amide bonds. The molecule has 0 spiro atoms. The van der Waals surface area contributed by atoms with E-state index in [2.05, 4.69) is 10.6 Å². The molecule has 0 unspecified atom stereocenters. The molecule has 0 aliphatic carbocycles. The second-order valence-electron chi connectivity index (χ2n) is 4.29. The summed E-state index contributed by atoms with van der Waals surface area (Å²) in [7, 11) is 1.52. The first-order valence-corrected chi connectivity index (χ1v) is 6.59. The number of benzene rings is 2. The van der Waals surface area contributed by atoms with E-state index in [1.165, 1.54) is 7.05 Å². The summed E-state index contributed by atoms with van der Waals surface area (Å²) in [4.78, 5) is 24.0. The van der Waals surface area contributed by atoms with E-state index in [1.807, 2.05) is 0 Å². The summed E-state index contributed by atoms with van der Waals surface area (Å²) in [5.41, 5.74) is 7.02. The fourth-order valence-electron chi connectivity index (χ4n) is 1.84. The van der Waals surface area contributed by atoms with E-state index >= 15 is 0 Å². The lowest BCUT2D eigenvalue weighted by molar-refractivity contribution is 0.0964. The number of nitrogen functional groups attached to an aromatic ring is 1. The molecule has 2 aromatic carbocycles. The Hall–Kier alpha value is -2.53. The average molecular weight is 304 g/mol. The molecule has 0 aromatic heterocycles. The second-order valence-corrected chi connectivity index (χ2v) is 4.67. The highest BCUT2D eigenvalue weighted by Gasteiger charge is 2.15. The van der Waals surface area contributed by atoms with Crippen molar-refractivity contribution in [1.29, 1.82) is 0 Å². The van der Waals surface area contributed by atoms with Gasteiger partial charge in [-0.3, -0.25) is 9.59 Å². The van der Waals surface area contributed by atoms with Gasteiger partial charge in [0.05, 0.1) is 27.5 Å². The van der Waals surface area contributed by atoms with Crippen LogP contribution in [0.4, 0.5) is 11.4 Å². The van der Waals surface area contributed by atoms with E-state index in [-0.39, 0.29) is 16.5 Å². The third-order valence-corrected chi connectivity index (χ3v) is 3.34. The van der Waals surface area contributed by atoms with Crippen molar-refractivity contribution in [3.63, 3.8) is 0 Å². The molecule has 5 nitrogen and oxygen atoms in total. The zero-order chi connectivity index (χ0) is 15.4. The lowest BCUT2D eigenvalue weighted by Crippen LogP contribution is -2.21. The molecule has 108 valence electrons. The highest BCUT2D eigenvalue weighted by Crippen LogP contribution is 2.24. The van der Waals surface area contributed by atoms with Gasteiger partial charge in [0.15, 0.2) is 0 Å². The first-order chi connectivity index (χ1) is 10.0. The van der Waals surface area contributed by atoms with Crippen molar-refractivity contribution in [3.8, 4) is 0 Å². The zero-order valence-corrected chi connectivity index (χ0v) is 12.1. The Balaban J connectivity index is 2.32. The maximum Gasteiger partial charge on any atom is 0.257 e. The van der Waals surface area contributed by atoms with Crippen LogP contribution in [0.5, 0.6) is 0 Å². The molecule has 0 aliphatic heterocycles. The molecule has 0 heterocycles. The van der Waals surface area contributed by atoms with Crippen LogP contribution in [0, 0.1) is 0 Å². The molecule has 0 bridgehead atoms. The minimum absolute atomic E-state index is 0.187. The van der Waals surface area contributed by atoms with Crippen molar-refractivity contribution >= 4 is 34.8 Å². The zero-order valence-electron chi connectivity index (χ0n) is 11.3. The van der Waals surface area contributed by atoms with E-state index in [0.29, 0.717) is 16.9 Å². The molecule has 0 fully saturated rings. The number of nitrogens with two attached hydrogens (primary N) is 1. The Kier molecular flexibility index (Phi) is 4.45. The number of anilines is 2. The molecule has 0 aliphatic rings. The summed E-state index contributed by atoms with van der Waals surface area (Å²) < 4.78 is 0. The number of hydrogen-bond donors (Lipinski definition) is 3. The van der Waals surface area contributed by atoms with Gasteiger partial charge < -0.3 is 16.4 Å². The molecule has 6 heteroatoms. The summed E-state index contributed by atoms with van der Waals surface area (Å²) in [6, 6.07) is 11.5. The normalized spacial score (nSPS) is 10.0. The van der Waals surface area contributed by atoms with Crippen LogP contribution < -0.4 is 16.4 Å². The van der Waals surface area contributed by atoms with Crippen LogP contribution in [0.2, 0.25) is 5.02 Å². The van der Waals surface area contributed by atoms with Crippen LogP contribution in [-0.4, -0.2) is 18.9 Å². The maximum atomic E-state index is 12.3. The molecular weight excluding hydrogens is 290 g/mol. The highest BCUT2D eigenvalue weighted by atomic mass is 35.5. The van der Waals surface area contributed by atoms with Crippen LogP contribution in [0.1, 0.15) is 20.7 Å². The Morgan fingerprint density at radius 3 is 2.38 bits per heavy atom. The van der Waals surface area contributed by atoms with Crippen LogP contribution in [-0.2, 0) is 0 Å². The van der Waals surface area contributed by atoms with Gasteiger partial charge in [-0.25, -0.2) is 0 Å². The summed E-state index contributed by atoms with van der Waals surface area (Å²) in [6.07, 6.45) is 0.